The summed E-state index contributed by atoms with van der Waals surface area (Å²) in [5.41, 5.74) is 1.32. The van der Waals surface area contributed by atoms with Crippen molar-refractivity contribution >= 4 is 0 Å². The third-order valence-corrected chi connectivity index (χ3v) is 5.33. The fourth-order valence-electron chi connectivity index (χ4n) is 3.54. The zero-order valence-corrected chi connectivity index (χ0v) is 18.5. The largest absolute Gasteiger partial charge is 0.490 e. The monoisotopic (exact) mass is 387 g/mol. The predicted molar refractivity (Wildman–Crippen MR) is 124 cm³/mol. The summed E-state index contributed by atoms with van der Waals surface area (Å²) >= 11 is 0. The van der Waals surface area contributed by atoms with Crippen LogP contribution in [0.4, 0.5) is 0 Å². The van der Waals surface area contributed by atoms with Gasteiger partial charge in [0.25, 0.3) is 0 Å². The fourth-order valence-corrected chi connectivity index (χ4v) is 3.54. The van der Waals surface area contributed by atoms with Gasteiger partial charge in [0.1, 0.15) is 12.4 Å². The van der Waals surface area contributed by atoms with Crippen molar-refractivity contribution in [2.24, 2.45) is 0 Å². The number of ether oxygens (including phenoxy) is 1. The van der Waals surface area contributed by atoms with E-state index >= 15 is 0 Å². The maximum atomic E-state index is 5.51. The Kier molecular flexibility index (Phi) is 16.8. The van der Waals surface area contributed by atoms with Gasteiger partial charge >= 0.3 is 0 Å². The molecule has 0 saturated heterocycles. The number of unbranched alkanes of at least 4 members (excludes halogenated alkanes) is 13. The van der Waals surface area contributed by atoms with Gasteiger partial charge in [0.05, 0.1) is 0 Å². The molecule has 28 heavy (non-hydrogen) atoms. The molecule has 2 heteroatoms. The van der Waals surface area contributed by atoms with E-state index in [0.717, 1.165) is 18.8 Å². The molecule has 0 aliphatic heterocycles. The molecule has 0 radical (unpaired) electrons. The molecule has 0 spiro atoms. The number of benzene rings is 1. The molecule has 1 aromatic rings. The van der Waals surface area contributed by atoms with Crippen molar-refractivity contribution in [1.29, 1.82) is 0 Å². The van der Waals surface area contributed by atoms with Gasteiger partial charge in [0, 0.05) is 6.54 Å². The lowest BCUT2D eigenvalue weighted by Crippen LogP contribution is -2.14. The molecule has 0 aliphatic rings. The minimum absolute atomic E-state index is 0.566. The second kappa shape index (κ2) is 19.1. The van der Waals surface area contributed by atoms with Gasteiger partial charge in [-0.25, -0.2) is 0 Å². The van der Waals surface area contributed by atoms with Crippen molar-refractivity contribution < 1.29 is 4.74 Å². The molecule has 0 heterocycles. The van der Waals surface area contributed by atoms with E-state index in [1.54, 1.807) is 6.08 Å². The first-order valence-electron chi connectivity index (χ1n) is 11.9. The maximum Gasteiger partial charge on any atom is 0.119 e. The predicted octanol–water partition coefficient (Wildman–Crippen LogP) is 7.82. The summed E-state index contributed by atoms with van der Waals surface area (Å²) in [4.78, 5) is 0. The third-order valence-electron chi connectivity index (χ3n) is 5.33. The molecule has 0 saturated carbocycles. The van der Waals surface area contributed by atoms with E-state index < -0.39 is 0 Å². The van der Waals surface area contributed by atoms with Crippen LogP contribution < -0.4 is 10.1 Å². The molecule has 0 aliphatic carbocycles. The maximum absolute atomic E-state index is 5.51. The smallest absolute Gasteiger partial charge is 0.119 e. The van der Waals surface area contributed by atoms with Crippen molar-refractivity contribution in [2.75, 3.05) is 13.2 Å². The molecule has 0 fully saturated rings. The highest BCUT2D eigenvalue weighted by Gasteiger charge is 1.96. The SMILES string of the molecule is C=CCOc1ccc(CNCCCCCCCCCCCCCCCC)cc1. The van der Waals surface area contributed by atoms with Crippen LogP contribution in [-0.4, -0.2) is 13.2 Å². The minimum Gasteiger partial charge on any atom is -0.490 e. The Bertz CT molecular complexity index is 454. The quantitative estimate of drug-likeness (QED) is 0.182. The van der Waals surface area contributed by atoms with Crippen LogP contribution in [0.3, 0.4) is 0 Å². The Morgan fingerprint density at radius 2 is 1.25 bits per heavy atom. The number of rotatable bonds is 20. The lowest BCUT2D eigenvalue weighted by molar-refractivity contribution is 0.363. The van der Waals surface area contributed by atoms with Crippen molar-refractivity contribution in [3.8, 4) is 5.75 Å². The molecule has 0 amide bonds. The topological polar surface area (TPSA) is 21.3 Å². The summed E-state index contributed by atoms with van der Waals surface area (Å²) in [5, 5.41) is 3.55. The van der Waals surface area contributed by atoms with E-state index in [1.807, 2.05) is 12.1 Å². The summed E-state index contributed by atoms with van der Waals surface area (Å²) in [5.74, 6) is 0.913. The van der Waals surface area contributed by atoms with E-state index in [4.69, 9.17) is 4.74 Å². The first-order chi connectivity index (χ1) is 13.9. The molecular weight excluding hydrogens is 342 g/mol. The van der Waals surface area contributed by atoms with E-state index in [2.05, 4.69) is 31.0 Å². The van der Waals surface area contributed by atoms with Gasteiger partial charge in [-0.3, -0.25) is 0 Å². The highest BCUT2D eigenvalue weighted by molar-refractivity contribution is 5.27. The van der Waals surface area contributed by atoms with Crippen LogP contribution in [0, 0.1) is 0 Å². The van der Waals surface area contributed by atoms with Gasteiger partial charge in [-0.2, -0.15) is 0 Å². The van der Waals surface area contributed by atoms with Gasteiger partial charge in [0.15, 0.2) is 0 Å². The minimum atomic E-state index is 0.566. The summed E-state index contributed by atoms with van der Waals surface area (Å²) < 4.78 is 5.51. The zero-order chi connectivity index (χ0) is 20.1. The highest BCUT2D eigenvalue weighted by Crippen LogP contribution is 2.13. The molecule has 2 nitrogen and oxygen atoms in total. The fraction of sp³-hybridized carbons (Fsp3) is 0.692. The Morgan fingerprint density at radius 3 is 1.75 bits per heavy atom. The molecule has 0 unspecified atom stereocenters. The molecule has 1 aromatic carbocycles. The van der Waals surface area contributed by atoms with Crippen molar-refractivity contribution in [3.63, 3.8) is 0 Å². The van der Waals surface area contributed by atoms with Crippen molar-refractivity contribution in [1.82, 2.24) is 5.32 Å². The van der Waals surface area contributed by atoms with Gasteiger partial charge in [-0.1, -0.05) is 115 Å². The molecule has 1 rings (SSSR count). The first-order valence-corrected chi connectivity index (χ1v) is 11.9. The van der Waals surface area contributed by atoms with Crippen LogP contribution >= 0.6 is 0 Å². The first kappa shape index (κ1) is 24.8. The molecule has 160 valence electrons. The average molecular weight is 388 g/mol. The third kappa shape index (κ3) is 14.7. The molecule has 0 aromatic heterocycles. The molecule has 1 N–H and O–H groups in total. The molecular formula is C26H45NO. The van der Waals surface area contributed by atoms with E-state index in [9.17, 15) is 0 Å². The zero-order valence-electron chi connectivity index (χ0n) is 18.5. The van der Waals surface area contributed by atoms with E-state index in [-0.39, 0.29) is 0 Å². The number of nitrogens with one attached hydrogen (secondary N) is 1. The van der Waals surface area contributed by atoms with Crippen LogP contribution in [0.1, 0.15) is 102 Å². The van der Waals surface area contributed by atoms with Gasteiger partial charge < -0.3 is 10.1 Å². The second-order valence-electron chi connectivity index (χ2n) is 8.02. The van der Waals surface area contributed by atoms with Crippen LogP contribution in [0.5, 0.6) is 5.75 Å². The van der Waals surface area contributed by atoms with Gasteiger partial charge in [-0.15, -0.1) is 0 Å². The highest BCUT2D eigenvalue weighted by atomic mass is 16.5. The van der Waals surface area contributed by atoms with Crippen molar-refractivity contribution in [3.05, 3.63) is 42.5 Å². The Balaban J connectivity index is 1.81. The lowest BCUT2D eigenvalue weighted by Gasteiger charge is -2.07. The normalized spacial score (nSPS) is 10.9. The molecule has 0 atom stereocenters. The van der Waals surface area contributed by atoms with E-state index in [1.165, 1.54) is 95.5 Å². The lowest BCUT2D eigenvalue weighted by atomic mass is 10.0. The van der Waals surface area contributed by atoms with E-state index in [0.29, 0.717) is 6.61 Å². The second-order valence-corrected chi connectivity index (χ2v) is 8.02. The summed E-state index contributed by atoms with van der Waals surface area (Å²) in [6, 6.07) is 8.34. The van der Waals surface area contributed by atoms with Gasteiger partial charge in [-0.05, 0) is 30.7 Å². The van der Waals surface area contributed by atoms with Crippen LogP contribution in [0.25, 0.3) is 0 Å². The number of hydrogen-bond acceptors (Lipinski definition) is 2. The number of hydrogen-bond donors (Lipinski definition) is 1. The standard InChI is InChI=1S/C26H45NO/c1-3-5-6-7-8-9-10-11-12-13-14-15-16-17-22-27-24-25-18-20-26(21-19-25)28-23-4-2/h4,18-21,27H,2-3,5-17,22-24H2,1H3. The van der Waals surface area contributed by atoms with Gasteiger partial charge in [0.2, 0.25) is 0 Å². The Hall–Kier alpha value is -1.28. The summed E-state index contributed by atoms with van der Waals surface area (Å²) in [6.07, 6.45) is 21.6. The van der Waals surface area contributed by atoms with Crippen LogP contribution in [0.2, 0.25) is 0 Å². The average Bonchev–Trinajstić information content (AvgIpc) is 2.73. The summed E-state index contributed by atoms with van der Waals surface area (Å²) in [6.45, 7) is 8.58. The Labute approximate surface area is 175 Å². The van der Waals surface area contributed by atoms with Crippen molar-refractivity contribution in [2.45, 2.75) is 103 Å². The summed E-state index contributed by atoms with van der Waals surface area (Å²) in [7, 11) is 0. The molecule has 0 bridgehead atoms. The van der Waals surface area contributed by atoms with Crippen LogP contribution in [-0.2, 0) is 6.54 Å². The Morgan fingerprint density at radius 1 is 0.750 bits per heavy atom. The van der Waals surface area contributed by atoms with Crippen LogP contribution in [0.15, 0.2) is 36.9 Å².